The van der Waals surface area contributed by atoms with Gasteiger partial charge < -0.3 is 14.4 Å². The number of hydrazone groups is 1. The first-order valence-electron chi connectivity index (χ1n) is 7.34. The maximum atomic E-state index is 12.0. The van der Waals surface area contributed by atoms with Crippen molar-refractivity contribution in [1.82, 2.24) is 19.1 Å². The quantitative estimate of drug-likeness (QED) is 0.423. The molecule has 0 amide bonds. The number of imidazole rings is 1. The number of anilines is 1. The molecule has 3 aromatic rings. The minimum Gasteiger partial charge on any atom is -0.503 e. The van der Waals surface area contributed by atoms with Gasteiger partial charge in [-0.1, -0.05) is 0 Å². The molecule has 0 radical (unpaired) electrons. The van der Waals surface area contributed by atoms with Crippen LogP contribution in [0.2, 0.25) is 0 Å². The van der Waals surface area contributed by atoms with E-state index in [1.165, 1.54) is 29.5 Å². The Kier molecular flexibility index (Phi) is 4.55. The second-order valence-corrected chi connectivity index (χ2v) is 6.26. The Morgan fingerprint density at radius 3 is 2.77 bits per heavy atom. The molecule has 1 aromatic carbocycles. The number of aromatic amines is 1. The van der Waals surface area contributed by atoms with Crippen molar-refractivity contribution in [3.05, 3.63) is 43.0 Å². The molecule has 3 N–H and O–H groups in total. The molecule has 0 bridgehead atoms. The summed E-state index contributed by atoms with van der Waals surface area (Å²) in [6, 6.07) is 3.26. The molecular formula is C15H15BrN6O4. The summed E-state index contributed by atoms with van der Waals surface area (Å²) in [6.45, 7) is 0. The van der Waals surface area contributed by atoms with Gasteiger partial charge in [-0.05, 0) is 33.6 Å². The third-order valence-corrected chi connectivity index (χ3v) is 4.39. The van der Waals surface area contributed by atoms with E-state index in [4.69, 9.17) is 4.74 Å². The lowest BCUT2D eigenvalue weighted by Crippen LogP contribution is -2.29. The molecule has 0 spiro atoms. The Labute approximate surface area is 154 Å². The van der Waals surface area contributed by atoms with E-state index >= 15 is 0 Å². The fourth-order valence-electron chi connectivity index (χ4n) is 2.40. The first kappa shape index (κ1) is 17.7. The molecule has 0 fully saturated rings. The van der Waals surface area contributed by atoms with Crippen molar-refractivity contribution in [2.75, 3.05) is 12.5 Å². The molecule has 11 heteroatoms. The average Bonchev–Trinajstić information content (AvgIpc) is 2.93. The molecule has 2 heterocycles. The van der Waals surface area contributed by atoms with Crippen molar-refractivity contribution in [3.63, 3.8) is 0 Å². The minimum absolute atomic E-state index is 0.00639. The minimum atomic E-state index is -0.545. The standard InChI is InChI=1S/C15H15BrN6O4/c1-21-10-12(22(2)15(25)19-13(10)24)18-14(21)20-17-6-7-4-8(16)11(23)9(5-7)26-3/h4-6,23H,1-3H3,(H,18,20)(H,19,24,25)/b17-6+. The van der Waals surface area contributed by atoms with Crippen molar-refractivity contribution in [2.45, 2.75) is 0 Å². The van der Waals surface area contributed by atoms with Gasteiger partial charge in [-0.25, -0.2) is 10.2 Å². The third-order valence-electron chi connectivity index (χ3n) is 3.78. The fourth-order valence-corrected chi connectivity index (χ4v) is 2.86. The molecule has 10 nitrogen and oxygen atoms in total. The van der Waals surface area contributed by atoms with Crippen LogP contribution in [-0.2, 0) is 14.1 Å². The predicted octanol–water partition coefficient (Wildman–Crippen LogP) is 0.883. The van der Waals surface area contributed by atoms with Crippen LogP contribution in [0, 0.1) is 0 Å². The van der Waals surface area contributed by atoms with Gasteiger partial charge in [-0.2, -0.15) is 10.1 Å². The number of benzene rings is 1. The largest absolute Gasteiger partial charge is 0.503 e. The van der Waals surface area contributed by atoms with Gasteiger partial charge >= 0.3 is 5.69 Å². The van der Waals surface area contributed by atoms with E-state index in [1.54, 1.807) is 19.2 Å². The Balaban J connectivity index is 1.95. The Hall–Kier alpha value is -3.08. The fraction of sp³-hybridized carbons (Fsp3) is 0.200. The maximum absolute atomic E-state index is 12.0. The number of phenols is 1. The average molecular weight is 423 g/mol. The van der Waals surface area contributed by atoms with E-state index in [9.17, 15) is 14.7 Å². The number of H-pyrrole nitrogens is 1. The van der Waals surface area contributed by atoms with Gasteiger partial charge in [-0.15, -0.1) is 0 Å². The van der Waals surface area contributed by atoms with Crippen molar-refractivity contribution < 1.29 is 9.84 Å². The molecule has 0 saturated heterocycles. The van der Waals surface area contributed by atoms with Crippen LogP contribution in [0.25, 0.3) is 11.2 Å². The second kappa shape index (κ2) is 6.67. The SMILES string of the molecule is COc1cc(/C=N/Nc2nc3c(c(=O)[nH]c(=O)n3C)n2C)cc(Br)c1O. The Bertz CT molecular complexity index is 1140. The summed E-state index contributed by atoms with van der Waals surface area (Å²) in [6.07, 6.45) is 1.50. The maximum Gasteiger partial charge on any atom is 0.329 e. The van der Waals surface area contributed by atoms with Crippen LogP contribution in [0.15, 0.2) is 31.3 Å². The summed E-state index contributed by atoms with van der Waals surface area (Å²) in [5.74, 6) is 0.575. The van der Waals surface area contributed by atoms with Gasteiger partial charge in [0.2, 0.25) is 5.95 Å². The molecule has 136 valence electrons. The first-order valence-corrected chi connectivity index (χ1v) is 8.14. The Morgan fingerprint density at radius 1 is 1.35 bits per heavy atom. The normalized spacial score (nSPS) is 11.4. The molecular weight excluding hydrogens is 408 g/mol. The molecule has 26 heavy (non-hydrogen) atoms. The van der Waals surface area contributed by atoms with Crippen molar-refractivity contribution in [2.24, 2.45) is 19.2 Å². The summed E-state index contributed by atoms with van der Waals surface area (Å²) in [4.78, 5) is 30.1. The number of phenolic OH excluding ortho intramolecular Hbond substituents is 1. The lowest BCUT2D eigenvalue weighted by Gasteiger charge is -2.06. The van der Waals surface area contributed by atoms with Gasteiger partial charge in [0.15, 0.2) is 22.7 Å². The summed E-state index contributed by atoms with van der Waals surface area (Å²) >= 11 is 3.23. The third kappa shape index (κ3) is 2.96. The van der Waals surface area contributed by atoms with Crippen LogP contribution in [0.1, 0.15) is 5.56 Å². The highest BCUT2D eigenvalue weighted by atomic mass is 79.9. The van der Waals surface area contributed by atoms with Gasteiger partial charge in [0.05, 0.1) is 17.8 Å². The number of nitrogens with one attached hydrogen (secondary N) is 2. The topological polar surface area (TPSA) is 127 Å². The van der Waals surface area contributed by atoms with E-state index < -0.39 is 11.2 Å². The van der Waals surface area contributed by atoms with E-state index in [-0.39, 0.29) is 22.9 Å². The van der Waals surface area contributed by atoms with Crippen LogP contribution in [0.3, 0.4) is 0 Å². The van der Waals surface area contributed by atoms with Crippen LogP contribution >= 0.6 is 15.9 Å². The monoisotopic (exact) mass is 422 g/mol. The molecule has 0 saturated carbocycles. The van der Waals surface area contributed by atoms with Crippen molar-refractivity contribution >= 4 is 39.3 Å². The lowest BCUT2D eigenvalue weighted by molar-refractivity contribution is 0.372. The van der Waals surface area contributed by atoms with Gasteiger partial charge in [0, 0.05) is 14.1 Å². The zero-order valence-corrected chi connectivity index (χ0v) is 15.7. The molecule has 2 aromatic heterocycles. The zero-order valence-electron chi connectivity index (χ0n) is 14.1. The molecule has 0 aliphatic rings. The van der Waals surface area contributed by atoms with E-state index in [0.717, 1.165) is 0 Å². The number of nitrogens with zero attached hydrogens (tertiary/aromatic N) is 4. The van der Waals surface area contributed by atoms with Crippen LogP contribution < -0.4 is 21.4 Å². The van der Waals surface area contributed by atoms with Gasteiger partial charge in [-0.3, -0.25) is 14.3 Å². The number of hydrogen-bond acceptors (Lipinski definition) is 7. The van der Waals surface area contributed by atoms with Crippen molar-refractivity contribution in [1.29, 1.82) is 0 Å². The number of aromatic nitrogens is 4. The van der Waals surface area contributed by atoms with E-state index in [2.05, 4.69) is 36.4 Å². The van der Waals surface area contributed by atoms with Crippen molar-refractivity contribution in [3.8, 4) is 11.5 Å². The highest BCUT2D eigenvalue weighted by Gasteiger charge is 2.14. The number of hydrogen-bond donors (Lipinski definition) is 3. The summed E-state index contributed by atoms with van der Waals surface area (Å²) < 4.78 is 8.28. The number of aryl methyl sites for hydroxylation is 2. The number of rotatable bonds is 4. The van der Waals surface area contributed by atoms with Crippen LogP contribution in [0.5, 0.6) is 11.5 Å². The predicted molar refractivity (Wildman–Crippen MR) is 100 cm³/mol. The van der Waals surface area contributed by atoms with E-state index in [1.807, 2.05) is 0 Å². The number of aromatic hydroxyl groups is 1. The summed E-state index contributed by atoms with van der Waals surface area (Å²) in [5, 5.41) is 13.9. The van der Waals surface area contributed by atoms with Crippen LogP contribution in [-0.4, -0.2) is 37.5 Å². The zero-order chi connectivity index (χ0) is 19.0. The summed E-state index contributed by atoms with van der Waals surface area (Å²) in [7, 11) is 4.59. The first-order chi connectivity index (χ1) is 12.3. The van der Waals surface area contributed by atoms with E-state index in [0.29, 0.717) is 15.8 Å². The molecule has 0 atom stereocenters. The smallest absolute Gasteiger partial charge is 0.329 e. The van der Waals surface area contributed by atoms with Gasteiger partial charge in [0.25, 0.3) is 5.56 Å². The second-order valence-electron chi connectivity index (χ2n) is 5.41. The summed E-state index contributed by atoms with van der Waals surface area (Å²) in [5.41, 5.74) is 2.81. The highest BCUT2D eigenvalue weighted by Crippen LogP contribution is 2.34. The molecule has 0 aliphatic carbocycles. The lowest BCUT2D eigenvalue weighted by atomic mass is 10.2. The molecule has 3 rings (SSSR count). The Morgan fingerprint density at radius 2 is 2.08 bits per heavy atom. The molecule has 0 unspecified atom stereocenters. The highest BCUT2D eigenvalue weighted by molar-refractivity contribution is 9.10. The van der Waals surface area contributed by atoms with Crippen LogP contribution in [0.4, 0.5) is 5.95 Å². The number of methoxy groups -OCH3 is 1. The van der Waals surface area contributed by atoms with Gasteiger partial charge in [0.1, 0.15) is 0 Å². The molecule has 0 aliphatic heterocycles. The number of fused-ring (bicyclic) bond motifs is 1. The number of ether oxygens (including phenoxy) is 1. The number of halogens is 1.